The number of carbonyl (C=O) groups is 2. The van der Waals surface area contributed by atoms with Crippen molar-refractivity contribution in [3.05, 3.63) is 0 Å². The molecule has 108 valence electrons. The fourth-order valence-electron chi connectivity index (χ4n) is 0.964. The standard InChI is InChI=1S/C7H14O3.C6H12O2/c1-3-9-6-5-7(8)10-4-2;1-5(7)8-6(2,3)4/h3-6H2,1-2H3;1-4H3. The third-order valence-corrected chi connectivity index (χ3v) is 1.41. The Morgan fingerprint density at radius 3 is 1.89 bits per heavy atom. The highest BCUT2D eigenvalue weighted by molar-refractivity contribution is 5.69. The number of ether oxygens (including phenoxy) is 3. The molecule has 0 spiro atoms. The Hall–Kier alpha value is -1.10. The normalized spacial score (nSPS) is 10.1. The van der Waals surface area contributed by atoms with E-state index in [1.54, 1.807) is 6.92 Å². The molecule has 5 nitrogen and oxygen atoms in total. The van der Waals surface area contributed by atoms with Crippen LogP contribution >= 0.6 is 0 Å². The van der Waals surface area contributed by atoms with E-state index in [-0.39, 0.29) is 17.5 Å². The van der Waals surface area contributed by atoms with Gasteiger partial charge in [-0.1, -0.05) is 0 Å². The molecule has 0 aromatic carbocycles. The van der Waals surface area contributed by atoms with Gasteiger partial charge in [0.2, 0.25) is 0 Å². The zero-order valence-corrected chi connectivity index (χ0v) is 12.4. The Morgan fingerprint density at radius 1 is 1.06 bits per heavy atom. The van der Waals surface area contributed by atoms with Gasteiger partial charge in [0, 0.05) is 13.5 Å². The predicted octanol–water partition coefficient (Wildman–Crippen LogP) is 2.32. The van der Waals surface area contributed by atoms with Crippen molar-refractivity contribution in [2.45, 2.75) is 53.6 Å². The number of hydrogen-bond donors (Lipinski definition) is 0. The van der Waals surface area contributed by atoms with E-state index >= 15 is 0 Å². The Kier molecular flexibility index (Phi) is 11.8. The summed E-state index contributed by atoms with van der Waals surface area (Å²) in [4.78, 5) is 20.9. The average molecular weight is 262 g/mol. The van der Waals surface area contributed by atoms with Crippen LogP contribution in [-0.4, -0.2) is 37.4 Å². The van der Waals surface area contributed by atoms with Crippen molar-refractivity contribution in [1.29, 1.82) is 0 Å². The first-order chi connectivity index (χ1) is 8.22. The molecule has 0 aliphatic rings. The van der Waals surface area contributed by atoms with E-state index in [0.29, 0.717) is 26.2 Å². The van der Waals surface area contributed by atoms with Gasteiger partial charge in [0.15, 0.2) is 0 Å². The molecule has 18 heavy (non-hydrogen) atoms. The topological polar surface area (TPSA) is 61.8 Å². The largest absolute Gasteiger partial charge is 0.466 e. The lowest BCUT2D eigenvalue weighted by Gasteiger charge is -2.17. The highest BCUT2D eigenvalue weighted by Crippen LogP contribution is 2.05. The van der Waals surface area contributed by atoms with Gasteiger partial charge in [0.1, 0.15) is 5.60 Å². The van der Waals surface area contributed by atoms with E-state index < -0.39 is 0 Å². The van der Waals surface area contributed by atoms with Crippen LogP contribution in [0, 0.1) is 0 Å². The minimum absolute atomic E-state index is 0.184. The van der Waals surface area contributed by atoms with Crippen molar-refractivity contribution < 1.29 is 23.8 Å². The van der Waals surface area contributed by atoms with Gasteiger partial charge in [-0.2, -0.15) is 0 Å². The molecule has 0 saturated carbocycles. The van der Waals surface area contributed by atoms with Crippen LogP contribution in [0.15, 0.2) is 0 Å². The minimum atomic E-state index is -0.328. The smallest absolute Gasteiger partial charge is 0.308 e. The second-order valence-electron chi connectivity index (χ2n) is 4.46. The molecule has 0 rings (SSSR count). The second-order valence-corrected chi connectivity index (χ2v) is 4.46. The number of esters is 2. The van der Waals surface area contributed by atoms with Gasteiger partial charge >= 0.3 is 11.9 Å². The quantitative estimate of drug-likeness (QED) is 0.562. The summed E-state index contributed by atoms with van der Waals surface area (Å²) in [5, 5.41) is 0. The molecule has 0 atom stereocenters. The van der Waals surface area contributed by atoms with Gasteiger partial charge in [-0.3, -0.25) is 9.59 Å². The van der Waals surface area contributed by atoms with Crippen molar-refractivity contribution in [1.82, 2.24) is 0 Å². The van der Waals surface area contributed by atoms with Gasteiger partial charge in [-0.25, -0.2) is 0 Å². The van der Waals surface area contributed by atoms with Gasteiger partial charge in [0.05, 0.1) is 19.6 Å². The van der Waals surface area contributed by atoms with Gasteiger partial charge < -0.3 is 14.2 Å². The SMILES string of the molecule is CC(=O)OC(C)(C)C.CCOCCC(=O)OCC. The molecule has 0 unspecified atom stereocenters. The van der Waals surface area contributed by atoms with E-state index in [1.165, 1.54) is 6.92 Å². The zero-order chi connectivity index (χ0) is 14.6. The van der Waals surface area contributed by atoms with Crippen molar-refractivity contribution in [2.24, 2.45) is 0 Å². The van der Waals surface area contributed by atoms with Gasteiger partial charge in [-0.15, -0.1) is 0 Å². The lowest BCUT2D eigenvalue weighted by atomic mass is 10.2. The molecule has 0 aliphatic carbocycles. The molecule has 0 aliphatic heterocycles. The maximum atomic E-state index is 10.6. The molecule has 0 radical (unpaired) electrons. The Labute approximate surface area is 110 Å². The number of hydrogen-bond acceptors (Lipinski definition) is 5. The fourth-order valence-corrected chi connectivity index (χ4v) is 0.964. The van der Waals surface area contributed by atoms with Crippen LogP contribution in [0.25, 0.3) is 0 Å². The van der Waals surface area contributed by atoms with E-state index in [1.807, 2.05) is 27.7 Å². The van der Waals surface area contributed by atoms with Crippen LogP contribution in [0.5, 0.6) is 0 Å². The molecule has 0 heterocycles. The predicted molar refractivity (Wildman–Crippen MR) is 69.3 cm³/mol. The summed E-state index contributed by atoms with van der Waals surface area (Å²) in [5.74, 6) is -0.409. The molecular weight excluding hydrogens is 236 g/mol. The average Bonchev–Trinajstić information content (AvgIpc) is 2.15. The monoisotopic (exact) mass is 262 g/mol. The summed E-state index contributed by atoms with van der Waals surface area (Å²) in [6.45, 7) is 12.2. The molecule has 0 aromatic heterocycles. The maximum Gasteiger partial charge on any atom is 0.308 e. The van der Waals surface area contributed by atoms with Crippen LogP contribution in [0.1, 0.15) is 48.0 Å². The molecule has 0 fully saturated rings. The Morgan fingerprint density at radius 2 is 1.61 bits per heavy atom. The van der Waals surface area contributed by atoms with Crippen molar-refractivity contribution in [3.8, 4) is 0 Å². The second kappa shape index (κ2) is 11.0. The van der Waals surface area contributed by atoms with Crippen molar-refractivity contribution >= 4 is 11.9 Å². The lowest BCUT2D eigenvalue weighted by Crippen LogP contribution is -2.21. The highest BCUT2D eigenvalue weighted by Gasteiger charge is 2.11. The van der Waals surface area contributed by atoms with Crippen molar-refractivity contribution in [2.75, 3.05) is 19.8 Å². The third-order valence-electron chi connectivity index (χ3n) is 1.41. The Balaban J connectivity index is 0. The summed E-state index contributed by atoms with van der Waals surface area (Å²) in [5.41, 5.74) is -0.328. The van der Waals surface area contributed by atoms with E-state index in [9.17, 15) is 9.59 Å². The summed E-state index contributed by atoms with van der Waals surface area (Å²) >= 11 is 0. The molecule has 0 aromatic rings. The van der Waals surface area contributed by atoms with Crippen molar-refractivity contribution in [3.63, 3.8) is 0 Å². The van der Waals surface area contributed by atoms with E-state index in [4.69, 9.17) is 9.47 Å². The number of carbonyl (C=O) groups excluding carboxylic acids is 2. The van der Waals surface area contributed by atoms with Gasteiger partial charge in [0.25, 0.3) is 0 Å². The molecule has 0 bridgehead atoms. The first-order valence-electron chi connectivity index (χ1n) is 6.15. The molecule has 0 amide bonds. The van der Waals surface area contributed by atoms with E-state index in [0.717, 1.165) is 0 Å². The summed E-state index contributed by atoms with van der Waals surface area (Å²) < 4.78 is 14.4. The lowest BCUT2D eigenvalue weighted by molar-refractivity contribution is -0.152. The number of rotatable bonds is 5. The molecule has 0 saturated heterocycles. The highest BCUT2D eigenvalue weighted by atomic mass is 16.6. The van der Waals surface area contributed by atoms with Crippen LogP contribution in [0.3, 0.4) is 0 Å². The zero-order valence-electron chi connectivity index (χ0n) is 12.4. The first-order valence-corrected chi connectivity index (χ1v) is 6.15. The Bertz CT molecular complexity index is 230. The summed E-state index contributed by atoms with van der Waals surface area (Å²) in [7, 11) is 0. The first kappa shape index (κ1) is 19.2. The van der Waals surface area contributed by atoms with Crippen LogP contribution in [0.4, 0.5) is 0 Å². The summed E-state index contributed by atoms with van der Waals surface area (Å²) in [6.07, 6.45) is 0.363. The minimum Gasteiger partial charge on any atom is -0.466 e. The molecular formula is C13H26O5. The van der Waals surface area contributed by atoms with Gasteiger partial charge in [-0.05, 0) is 34.6 Å². The molecule has 0 N–H and O–H groups in total. The van der Waals surface area contributed by atoms with Crippen LogP contribution < -0.4 is 0 Å². The molecule has 5 heteroatoms. The van der Waals surface area contributed by atoms with Crippen LogP contribution in [0.2, 0.25) is 0 Å². The summed E-state index contributed by atoms with van der Waals surface area (Å²) in [6, 6.07) is 0. The maximum absolute atomic E-state index is 10.6. The third kappa shape index (κ3) is 20.3. The fraction of sp³-hybridized carbons (Fsp3) is 0.846. The van der Waals surface area contributed by atoms with Crippen LogP contribution in [-0.2, 0) is 23.8 Å². The van der Waals surface area contributed by atoms with E-state index in [2.05, 4.69) is 4.74 Å².